The zero-order valence-electron chi connectivity index (χ0n) is 10.9. The fraction of sp³-hybridized carbons (Fsp3) is 0.571. The average molecular weight is 269 g/mol. The van der Waals surface area contributed by atoms with Crippen LogP contribution in [-0.4, -0.2) is 44.3 Å². The van der Waals surface area contributed by atoms with Crippen LogP contribution in [0, 0.1) is 0 Å². The van der Waals surface area contributed by atoms with Crippen molar-refractivity contribution in [3.05, 3.63) is 35.4 Å². The Bertz CT molecular complexity index is 355. The number of hydrogen-bond acceptors (Lipinski definition) is 3. The van der Waals surface area contributed by atoms with E-state index in [-0.39, 0.29) is 0 Å². The third-order valence-corrected chi connectivity index (χ3v) is 3.53. The minimum atomic E-state index is 0.311. The molecule has 1 fully saturated rings. The zero-order chi connectivity index (χ0) is 12.8. The van der Waals surface area contributed by atoms with Gasteiger partial charge in [0, 0.05) is 32.1 Å². The number of alkyl halides is 1. The number of halogens is 1. The van der Waals surface area contributed by atoms with Crippen LogP contribution in [0.5, 0.6) is 0 Å². The van der Waals surface area contributed by atoms with Gasteiger partial charge in [-0.25, -0.2) is 0 Å². The van der Waals surface area contributed by atoms with Crippen molar-refractivity contribution in [1.82, 2.24) is 10.2 Å². The number of ether oxygens (including phenoxy) is 1. The van der Waals surface area contributed by atoms with E-state index in [4.69, 9.17) is 16.3 Å². The van der Waals surface area contributed by atoms with Gasteiger partial charge in [0.15, 0.2) is 0 Å². The topological polar surface area (TPSA) is 24.5 Å². The summed E-state index contributed by atoms with van der Waals surface area (Å²) in [6.45, 7) is 4.68. The molecule has 0 amide bonds. The lowest BCUT2D eigenvalue weighted by atomic mass is 10.1. The fourth-order valence-electron chi connectivity index (χ4n) is 2.11. The summed E-state index contributed by atoms with van der Waals surface area (Å²) in [4.78, 5) is 2.31. The molecular formula is C14H21ClN2O. The summed E-state index contributed by atoms with van der Waals surface area (Å²) in [6, 6.07) is 8.40. The van der Waals surface area contributed by atoms with E-state index in [2.05, 4.69) is 41.5 Å². The van der Waals surface area contributed by atoms with E-state index in [9.17, 15) is 0 Å². The average Bonchev–Trinajstić information content (AvgIpc) is 2.40. The van der Waals surface area contributed by atoms with E-state index in [1.165, 1.54) is 5.56 Å². The van der Waals surface area contributed by atoms with Gasteiger partial charge in [0.05, 0.1) is 12.7 Å². The first kappa shape index (κ1) is 13.8. The van der Waals surface area contributed by atoms with E-state index < -0.39 is 0 Å². The largest absolute Gasteiger partial charge is 0.374 e. The molecule has 4 heteroatoms. The van der Waals surface area contributed by atoms with Gasteiger partial charge in [0.2, 0.25) is 0 Å². The molecule has 0 aromatic heterocycles. The highest BCUT2D eigenvalue weighted by Crippen LogP contribution is 2.07. The Morgan fingerprint density at radius 3 is 2.72 bits per heavy atom. The molecule has 1 aromatic carbocycles. The van der Waals surface area contributed by atoms with Crippen LogP contribution in [0.2, 0.25) is 0 Å². The summed E-state index contributed by atoms with van der Waals surface area (Å²) >= 11 is 5.76. The van der Waals surface area contributed by atoms with Crippen LogP contribution in [0.3, 0.4) is 0 Å². The van der Waals surface area contributed by atoms with Gasteiger partial charge in [0.1, 0.15) is 0 Å². The summed E-state index contributed by atoms with van der Waals surface area (Å²) < 4.78 is 5.70. The number of morpholine rings is 1. The lowest BCUT2D eigenvalue weighted by molar-refractivity contribution is -0.0182. The van der Waals surface area contributed by atoms with Gasteiger partial charge < -0.3 is 15.0 Å². The fourth-order valence-corrected chi connectivity index (χ4v) is 2.29. The highest BCUT2D eigenvalue weighted by molar-refractivity contribution is 6.17. The lowest BCUT2D eigenvalue weighted by Gasteiger charge is -2.30. The predicted molar refractivity (Wildman–Crippen MR) is 74.9 cm³/mol. The third-order valence-electron chi connectivity index (χ3n) is 3.22. The number of likely N-dealkylation sites (N-methyl/N-ethyl adjacent to an activating group) is 1. The van der Waals surface area contributed by atoms with Gasteiger partial charge in [0.25, 0.3) is 0 Å². The van der Waals surface area contributed by atoms with Crippen molar-refractivity contribution in [3.63, 3.8) is 0 Å². The molecule has 2 rings (SSSR count). The second-order valence-corrected chi connectivity index (χ2v) is 5.10. The van der Waals surface area contributed by atoms with Gasteiger partial charge >= 0.3 is 0 Å². The van der Waals surface area contributed by atoms with E-state index in [0.29, 0.717) is 12.0 Å². The Morgan fingerprint density at radius 1 is 1.33 bits per heavy atom. The maximum atomic E-state index is 5.76. The van der Waals surface area contributed by atoms with Crippen molar-refractivity contribution < 1.29 is 4.74 Å². The van der Waals surface area contributed by atoms with E-state index in [0.717, 1.165) is 38.3 Å². The second kappa shape index (κ2) is 7.10. The molecule has 0 spiro atoms. The van der Waals surface area contributed by atoms with Crippen molar-refractivity contribution in [2.45, 2.75) is 18.5 Å². The summed E-state index contributed by atoms with van der Waals surface area (Å²) in [5, 5.41) is 3.44. The van der Waals surface area contributed by atoms with E-state index in [1.807, 2.05) is 0 Å². The number of nitrogens with one attached hydrogen (secondary N) is 1. The molecule has 1 N–H and O–H groups in total. The molecule has 0 radical (unpaired) electrons. The number of nitrogens with zero attached hydrogens (tertiary/aromatic N) is 1. The quantitative estimate of drug-likeness (QED) is 0.825. The molecular weight excluding hydrogens is 248 g/mol. The zero-order valence-corrected chi connectivity index (χ0v) is 11.6. The molecule has 1 atom stereocenters. The summed E-state index contributed by atoms with van der Waals surface area (Å²) in [5.41, 5.74) is 2.45. The third kappa shape index (κ3) is 4.25. The van der Waals surface area contributed by atoms with Crippen molar-refractivity contribution in [2.75, 3.05) is 33.3 Å². The van der Waals surface area contributed by atoms with Crippen LogP contribution in [0.1, 0.15) is 11.1 Å². The molecule has 3 nitrogen and oxygen atoms in total. The molecule has 100 valence electrons. The normalized spacial score (nSPS) is 21.1. The van der Waals surface area contributed by atoms with Crippen LogP contribution in [0.25, 0.3) is 0 Å². The van der Waals surface area contributed by atoms with Crippen LogP contribution in [0.4, 0.5) is 0 Å². The van der Waals surface area contributed by atoms with Gasteiger partial charge in [-0.15, -0.1) is 11.6 Å². The summed E-state index contributed by atoms with van der Waals surface area (Å²) in [5.74, 6) is 0.579. The molecule has 0 aliphatic carbocycles. The van der Waals surface area contributed by atoms with Gasteiger partial charge in [-0.1, -0.05) is 24.3 Å². The van der Waals surface area contributed by atoms with Crippen molar-refractivity contribution >= 4 is 11.6 Å². The predicted octanol–water partition coefficient (Wildman–Crippen LogP) is 1.85. The van der Waals surface area contributed by atoms with Crippen molar-refractivity contribution in [2.24, 2.45) is 0 Å². The Kier molecular flexibility index (Phi) is 5.45. The Morgan fingerprint density at radius 2 is 2.06 bits per heavy atom. The first-order valence-corrected chi connectivity index (χ1v) is 6.96. The summed E-state index contributed by atoms with van der Waals surface area (Å²) in [7, 11) is 2.14. The molecule has 18 heavy (non-hydrogen) atoms. The lowest BCUT2D eigenvalue weighted by Crippen LogP contribution is -2.44. The molecule has 1 aromatic rings. The number of rotatable bonds is 5. The molecule has 1 saturated heterocycles. The monoisotopic (exact) mass is 268 g/mol. The van der Waals surface area contributed by atoms with Gasteiger partial charge in [-0.2, -0.15) is 0 Å². The highest BCUT2D eigenvalue weighted by Gasteiger charge is 2.16. The van der Waals surface area contributed by atoms with Crippen LogP contribution in [0.15, 0.2) is 24.3 Å². The molecule has 0 saturated carbocycles. The van der Waals surface area contributed by atoms with E-state index in [1.54, 1.807) is 0 Å². The Hall–Kier alpha value is -0.610. The van der Waals surface area contributed by atoms with Crippen molar-refractivity contribution in [1.29, 1.82) is 0 Å². The highest BCUT2D eigenvalue weighted by atomic mass is 35.5. The molecule has 1 aliphatic rings. The molecule has 1 unspecified atom stereocenters. The second-order valence-electron chi connectivity index (χ2n) is 4.84. The summed E-state index contributed by atoms with van der Waals surface area (Å²) in [6.07, 6.45) is 0.311. The maximum Gasteiger partial charge on any atom is 0.0826 e. The molecule has 1 heterocycles. The SMILES string of the molecule is CN1CCOC(CNCc2ccc(CCl)cc2)C1. The minimum absolute atomic E-state index is 0.311. The Labute approximate surface area is 114 Å². The number of benzene rings is 1. The molecule has 1 aliphatic heterocycles. The minimum Gasteiger partial charge on any atom is -0.374 e. The van der Waals surface area contributed by atoms with Gasteiger partial charge in [-0.3, -0.25) is 0 Å². The maximum absolute atomic E-state index is 5.76. The van der Waals surface area contributed by atoms with Crippen molar-refractivity contribution in [3.8, 4) is 0 Å². The van der Waals surface area contributed by atoms with Crippen LogP contribution >= 0.6 is 11.6 Å². The van der Waals surface area contributed by atoms with E-state index >= 15 is 0 Å². The van der Waals surface area contributed by atoms with Crippen LogP contribution < -0.4 is 5.32 Å². The first-order valence-electron chi connectivity index (χ1n) is 6.42. The smallest absolute Gasteiger partial charge is 0.0826 e. The Balaban J connectivity index is 1.70. The van der Waals surface area contributed by atoms with Gasteiger partial charge in [-0.05, 0) is 18.2 Å². The first-order chi connectivity index (χ1) is 8.78. The standard InChI is InChI=1S/C14H21ClN2O/c1-17-6-7-18-14(11-17)10-16-9-13-4-2-12(8-15)3-5-13/h2-5,14,16H,6-11H2,1H3. The molecule has 0 bridgehead atoms. The van der Waals surface area contributed by atoms with Crippen LogP contribution in [-0.2, 0) is 17.2 Å². The number of hydrogen-bond donors (Lipinski definition) is 1.